The summed E-state index contributed by atoms with van der Waals surface area (Å²) in [6, 6.07) is 5.64. The van der Waals surface area contributed by atoms with Crippen LogP contribution in [-0.4, -0.2) is 60.2 Å². The number of benzene rings is 1. The maximum absolute atomic E-state index is 11.8. The lowest BCUT2D eigenvalue weighted by Gasteiger charge is -2.43. The molecule has 0 radical (unpaired) electrons. The maximum atomic E-state index is 11.8. The van der Waals surface area contributed by atoms with Gasteiger partial charge in [-0.3, -0.25) is 19.2 Å². The van der Waals surface area contributed by atoms with E-state index in [1.165, 1.54) is 20.8 Å². The van der Waals surface area contributed by atoms with E-state index in [0.29, 0.717) is 10.6 Å². The van der Waals surface area contributed by atoms with Crippen molar-refractivity contribution in [3.63, 3.8) is 0 Å². The molecule has 1 aromatic rings. The Morgan fingerprint density at radius 2 is 1.64 bits per heavy atom. The molecule has 2 unspecified atom stereocenters. The van der Waals surface area contributed by atoms with Crippen LogP contribution in [0.2, 0.25) is 0 Å². The number of rotatable bonds is 8. The molecule has 1 aromatic carbocycles. The molecule has 5 atom stereocenters. The summed E-state index contributed by atoms with van der Waals surface area (Å²) in [6.07, 6.45) is -3.27. The fourth-order valence-corrected chi connectivity index (χ4v) is 4.23. The largest absolute Gasteiger partial charge is 0.463 e. The van der Waals surface area contributed by atoms with E-state index in [9.17, 15) is 19.2 Å². The van der Waals surface area contributed by atoms with Crippen molar-refractivity contribution in [3.8, 4) is 0 Å². The number of anilines is 1. The number of azide groups is 1. The highest BCUT2D eigenvalue weighted by atomic mass is 32.2. The smallest absolute Gasteiger partial charge is 0.303 e. The van der Waals surface area contributed by atoms with Crippen LogP contribution in [-0.2, 0) is 38.1 Å². The zero-order valence-electron chi connectivity index (χ0n) is 18.4. The van der Waals surface area contributed by atoms with E-state index < -0.39 is 47.7 Å². The van der Waals surface area contributed by atoms with Gasteiger partial charge in [0.05, 0.1) is 0 Å². The summed E-state index contributed by atoms with van der Waals surface area (Å²) >= 11 is 1.15. The Labute approximate surface area is 193 Å². The molecule has 1 heterocycles. The lowest BCUT2D eigenvalue weighted by molar-refractivity contribution is -0.201. The molecule has 0 bridgehead atoms. The SMILES string of the molecule is CC(=O)Nc1ccc(S[C@H]2OC(COC(C)=O)[C@H](OC(C)=O)[C@H](N=[N+]=[N-])C2OC(C)=O)cc1. The highest BCUT2D eigenvalue weighted by Crippen LogP contribution is 2.37. The third-order valence-corrected chi connectivity index (χ3v) is 5.44. The molecule has 33 heavy (non-hydrogen) atoms. The average Bonchev–Trinajstić information content (AvgIpc) is 2.71. The molecular formula is C20H24N4O8S. The molecule has 13 heteroatoms. The summed E-state index contributed by atoms with van der Waals surface area (Å²) in [4.78, 5) is 49.5. The van der Waals surface area contributed by atoms with Crippen molar-refractivity contribution in [2.75, 3.05) is 11.9 Å². The first-order valence-electron chi connectivity index (χ1n) is 9.82. The molecule has 0 aromatic heterocycles. The Morgan fingerprint density at radius 3 is 2.15 bits per heavy atom. The number of carbonyl (C=O) groups is 4. The van der Waals surface area contributed by atoms with Crippen LogP contribution in [0.5, 0.6) is 0 Å². The van der Waals surface area contributed by atoms with Gasteiger partial charge in [0, 0.05) is 43.2 Å². The van der Waals surface area contributed by atoms with E-state index in [-0.39, 0.29) is 12.5 Å². The van der Waals surface area contributed by atoms with Crippen LogP contribution in [0.15, 0.2) is 34.3 Å². The quantitative estimate of drug-likeness (QED) is 0.193. The van der Waals surface area contributed by atoms with E-state index >= 15 is 0 Å². The van der Waals surface area contributed by atoms with Crippen molar-refractivity contribution >= 4 is 41.3 Å². The molecule has 1 N–H and O–H groups in total. The summed E-state index contributed by atoms with van der Waals surface area (Å²) in [5, 5.41) is 6.37. The fraction of sp³-hybridized carbons (Fsp3) is 0.500. The summed E-state index contributed by atoms with van der Waals surface area (Å²) in [5.41, 5.74) is 8.80. The summed E-state index contributed by atoms with van der Waals surface area (Å²) in [7, 11) is 0. The minimum Gasteiger partial charge on any atom is -0.463 e. The first kappa shape index (κ1) is 26.0. The van der Waals surface area contributed by atoms with Crippen LogP contribution >= 0.6 is 11.8 Å². The average molecular weight is 480 g/mol. The third-order valence-electron chi connectivity index (χ3n) is 4.28. The number of ether oxygens (including phenoxy) is 4. The number of esters is 3. The molecule has 1 aliphatic rings. The molecule has 178 valence electrons. The Hall–Kier alpha value is -3.28. The van der Waals surface area contributed by atoms with Crippen molar-refractivity contribution in [2.24, 2.45) is 5.11 Å². The van der Waals surface area contributed by atoms with Crippen molar-refractivity contribution in [2.45, 2.75) is 62.4 Å². The first-order valence-corrected chi connectivity index (χ1v) is 10.7. The van der Waals surface area contributed by atoms with Gasteiger partial charge in [-0.2, -0.15) is 0 Å². The van der Waals surface area contributed by atoms with E-state index in [0.717, 1.165) is 18.7 Å². The lowest BCUT2D eigenvalue weighted by atomic mass is 9.97. The molecule has 0 spiro atoms. The zero-order valence-corrected chi connectivity index (χ0v) is 19.2. The third kappa shape index (κ3) is 7.97. The number of carbonyl (C=O) groups excluding carboxylic acids is 4. The zero-order chi connectivity index (χ0) is 24.5. The normalized spacial score (nSPS) is 24.1. The monoisotopic (exact) mass is 480 g/mol. The molecule has 12 nitrogen and oxygen atoms in total. The molecular weight excluding hydrogens is 456 g/mol. The Bertz CT molecular complexity index is 934. The van der Waals surface area contributed by atoms with Gasteiger partial charge in [0.2, 0.25) is 5.91 Å². The second kappa shape index (κ2) is 12.1. The van der Waals surface area contributed by atoms with Gasteiger partial charge in [0.1, 0.15) is 36.4 Å². The van der Waals surface area contributed by atoms with Gasteiger partial charge < -0.3 is 24.3 Å². The van der Waals surface area contributed by atoms with Gasteiger partial charge in [-0.25, -0.2) is 0 Å². The van der Waals surface area contributed by atoms with Gasteiger partial charge in [0.25, 0.3) is 0 Å². The van der Waals surface area contributed by atoms with Crippen LogP contribution in [0.25, 0.3) is 10.4 Å². The molecule has 1 saturated heterocycles. The van der Waals surface area contributed by atoms with E-state index in [1.807, 2.05) is 0 Å². The van der Waals surface area contributed by atoms with Gasteiger partial charge in [0.15, 0.2) is 0 Å². The topological polar surface area (TPSA) is 166 Å². The Balaban J connectivity index is 2.38. The Morgan fingerprint density at radius 1 is 1.03 bits per heavy atom. The van der Waals surface area contributed by atoms with Crippen molar-refractivity contribution in [1.29, 1.82) is 0 Å². The van der Waals surface area contributed by atoms with Gasteiger partial charge in [-0.15, -0.1) is 0 Å². The van der Waals surface area contributed by atoms with Crippen molar-refractivity contribution < 1.29 is 38.1 Å². The summed E-state index contributed by atoms with van der Waals surface area (Å²) < 4.78 is 21.8. The number of hydrogen-bond acceptors (Lipinski definition) is 10. The first-order chi connectivity index (χ1) is 15.6. The molecule has 0 aliphatic carbocycles. The van der Waals surface area contributed by atoms with Crippen LogP contribution in [0.3, 0.4) is 0 Å². The maximum Gasteiger partial charge on any atom is 0.303 e. The van der Waals surface area contributed by atoms with Crippen LogP contribution in [0, 0.1) is 0 Å². The minimum atomic E-state index is -1.17. The molecule has 0 saturated carbocycles. The Kier molecular flexibility index (Phi) is 9.52. The number of thioether (sulfide) groups is 1. The highest BCUT2D eigenvalue weighted by Gasteiger charge is 2.50. The second-order valence-electron chi connectivity index (χ2n) is 7.01. The lowest BCUT2D eigenvalue weighted by Crippen LogP contribution is -2.59. The highest BCUT2D eigenvalue weighted by molar-refractivity contribution is 7.99. The van der Waals surface area contributed by atoms with Crippen LogP contribution < -0.4 is 5.32 Å². The van der Waals surface area contributed by atoms with Crippen molar-refractivity contribution in [1.82, 2.24) is 0 Å². The van der Waals surface area contributed by atoms with Crippen LogP contribution in [0.4, 0.5) is 5.69 Å². The second-order valence-corrected chi connectivity index (χ2v) is 8.18. The van der Waals surface area contributed by atoms with Gasteiger partial charge in [-0.1, -0.05) is 16.9 Å². The molecule has 2 rings (SSSR count). The molecule has 1 amide bonds. The van der Waals surface area contributed by atoms with E-state index in [1.54, 1.807) is 24.3 Å². The molecule has 1 aliphatic heterocycles. The summed E-state index contributed by atoms with van der Waals surface area (Å²) in [6.45, 7) is 4.66. The fourth-order valence-electron chi connectivity index (χ4n) is 3.12. The predicted octanol–water partition coefficient (Wildman–Crippen LogP) is 2.57. The standard InChI is InChI=1S/C20H24N4O8S/c1-10(25)22-14-5-7-15(8-6-14)33-20-19(31-13(4)28)17(23-24-21)18(30-12(3)27)16(32-20)9-29-11(2)26/h5-8,16-20H,9H2,1-4H3,(H,22,25)/t16?,17-,18-,19?,20+/m0/s1. The van der Waals surface area contributed by atoms with Gasteiger partial charge >= 0.3 is 17.9 Å². The number of hydrogen-bond donors (Lipinski definition) is 1. The number of nitrogens with zero attached hydrogens (tertiary/aromatic N) is 3. The van der Waals surface area contributed by atoms with E-state index in [2.05, 4.69) is 15.3 Å². The van der Waals surface area contributed by atoms with Gasteiger partial charge in [-0.05, 0) is 29.8 Å². The minimum absolute atomic E-state index is 0.219. The predicted molar refractivity (Wildman–Crippen MR) is 116 cm³/mol. The number of nitrogens with one attached hydrogen (secondary N) is 1. The number of amides is 1. The van der Waals surface area contributed by atoms with Crippen molar-refractivity contribution in [3.05, 3.63) is 34.7 Å². The van der Waals surface area contributed by atoms with Crippen LogP contribution in [0.1, 0.15) is 27.7 Å². The molecule has 1 fully saturated rings. The van der Waals surface area contributed by atoms with E-state index in [4.69, 9.17) is 24.5 Å². The summed E-state index contributed by atoms with van der Waals surface area (Å²) in [5.74, 6) is -2.15.